The fraction of sp³-hybridized carbons (Fsp3) is 0.750. The predicted octanol–water partition coefficient (Wildman–Crippen LogP) is 2.68. The molecule has 0 spiro atoms. The Hall–Kier alpha value is -0.630. The van der Waals surface area contributed by atoms with E-state index >= 15 is 0 Å². The number of allylic oxidation sites excluding steroid dienone is 1. The van der Waals surface area contributed by atoms with Gasteiger partial charge in [0.05, 0.1) is 0 Å². The summed E-state index contributed by atoms with van der Waals surface area (Å²) in [6.45, 7) is 8.62. The zero-order valence-electron chi connectivity index (χ0n) is 9.51. The van der Waals surface area contributed by atoms with Crippen LogP contribution in [0.5, 0.6) is 0 Å². The largest absolute Gasteiger partial charge is 0.330 e. The average Bonchev–Trinajstić information content (AvgIpc) is 2.12. The number of nitrogens with two attached hydrogens (primary N) is 1. The fourth-order valence-corrected chi connectivity index (χ4v) is 1.31. The van der Waals surface area contributed by atoms with Crippen molar-refractivity contribution in [3.8, 4) is 0 Å². The van der Waals surface area contributed by atoms with E-state index in [1.54, 1.807) is 0 Å². The Balaban J connectivity index is 3.48. The fourth-order valence-electron chi connectivity index (χ4n) is 1.31. The average molecular weight is 197 g/mol. The van der Waals surface area contributed by atoms with Crippen LogP contribution in [0, 0.1) is 5.92 Å². The Labute approximate surface area is 87.6 Å². The Morgan fingerprint density at radius 2 is 1.93 bits per heavy atom. The molecule has 0 aromatic carbocycles. The smallest absolute Gasteiger partial charge is 0.133 e. The molecule has 0 aliphatic carbocycles. The first kappa shape index (κ1) is 13.4. The molecule has 1 atom stereocenters. The van der Waals surface area contributed by atoms with Crippen molar-refractivity contribution in [2.45, 2.75) is 46.0 Å². The second-order valence-electron chi connectivity index (χ2n) is 4.22. The third-order valence-electron chi connectivity index (χ3n) is 2.41. The lowest BCUT2D eigenvalue weighted by Crippen LogP contribution is -2.08. The van der Waals surface area contributed by atoms with Crippen molar-refractivity contribution >= 4 is 5.78 Å². The van der Waals surface area contributed by atoms with Crippen molar-refractivity contribution < 1.29 is 4.79 Å². The van der Waals surface area contributed by atoms with Crippen LogP contribution >= 0.6 is 0 Å². The molecule has 0 amide bonds. The molecular weight excluding hydrogens is 174 g/mol. The molecule has 0 saturated carbocycles. The van der Waals surface area contributed by atoms with Crippen molar-refractivity contribution in [2.24, 2.45) is 11.7 Å². The summed E-state index contributed by atoms with van der Waals surface area (Å²) < 4.78 is 0. The number of Topliss-reactive ketones (excluding diaryl/α,β-unsaturated/α-hetero) is 1. The van der Waals surface area contributed by atoms with Gasteiger partial charge in [-0.15, -0.1) is 6.58 Å². The van der Waals surface area contributed by atoms with Gasteiger partial charge in [-0.2, -0.15) is 0 Å². The van der Waals surface area contributed by atoms with Crippen molar-refractivity contribution in [1.29, 1.82) is 0 Å². The van der Waals surface area contributed by atoms with Gasteiger partial charge in [0.1, 0.15) is 5.78 Å². The van der Waals surface area contributed by atoms with Crippen LogP contribution < -0.4 is 5.73 Å². The van der Waals surface area contributed by atoms with Gasteiger partial charge in [-0.1, -0.05) is 12.5 Å². The molecule has 0 aliphatic rings. The summed E-state index contributed by atoms with van der Waals surface area (Å²) in [5.74, 6) is 0.936. The highest BCUT2D eigenvalue weighted by Gasteiger charge is 2.06. The highest BCUT2D eigenvalue weighted by Crippen LogP contribution is 2.12. The molecular formula is C12H23NO. The highest BCUT2D eigenvalue weighted by atomic mass is 16.1. The quantitative estimate of drug-likeness (QED) is 0.608. The zero-order valence-corrected chi connectivity index (χ0v) is 9.51. The van der Waals surface area contributed by atoms with Crippen LogP contribution in [0.3, 0.4) is 0 Å². The SMILES string of the molecule is C=C(C)CCC(=O)CCC(C)CCN. The van der Waals surface area contributed by atoms with Crippen molar-refractivity contribution in [2.75, 3.05) is 6.54 Å². The van der Waals surface area contributed by atoms with Crippen LogP contribution in [0.4, 0.5) is 0 Å². The molecule has 0 aromatic rings. The third-order valence-corrected chi connectivity index (χ3v) is 2.41. The van der Waals surface area contributed by atoms with Gasteiger partial charge in [0.15, 0.2) is 0 Å². The number of ketones is 1. The summed E-state index contributed by atoms with van der Waals surface area (Å²) in [6.07, 6.45) is 4.20. The maximum absolute atomic E-state index is 11.4. The van der Waals surface area contributed by atoms with Gasteiger partial charge in [0.2, 0.25) is 0 Å². The second-order valence-corrected chi connectivity index (χ2v) is 4.22. The van der Waals surface area contributed by atoms with E-state index in [-0.39, 0.29) is 0 Å². The molecule has 0 aromatic heterocycles. The van der Waals surface area contributed by atoms with Gasteiger partial charge >= 0.3 is 0 Å². The van der Waals surface area contributed by atoms with Crippen LogP contribution in [0.15, 0.2) is 12.2 Å². The first-order valence-corrected chi connectivity index (χ1v) is 5.42. The van der Waals surface area contributed by atoms with Crippen LogP contribution in [-0.2, 0) is 4.79 Å². The molecule has 0 rings (SSSR count). The lowest BCUT2D eigenvalue weighted by Gasteiger charge is -2.08. The molecule has 0 radical (unpaired) electrons. The van der Waals surface area contributed by atoms with Crippen LogP contribution in [0.25, 0.3) is 0 Å². The minimum absolute atomic E-state index is 0.358. The molecule has 2 heteroatoms. The van der Waals surface area contributed by atoms with E-state index in [1.165, 1.54) is 0 Å². The predicted molar refractivity (Wildman–Crippen MR) is 61.1 cm³/mol. The molecule has 2 N–H and O–H groups in total. The first-order chi connectivity index (χ1) is 6.56. The van der Waals surface area contributed by atoms with E-state index in [0.29, 0.717) is 24.5 Å². The van der Waals surface area contributed by atoms with Crippen molar-refractivity contribution in [3.63, 3.8) is 0 Å². The maximum Gasteiger partial charge on any atom is 0.133 e. The Kier molecular flexibility index (Phi) is 7.40. The summed E-state index contributed by atoms with van der Waals surface area (Å²) in [6, 6.07) is 0. The third kappa shape index (κ3) is 7.99. The molecule has 0 fully saturated rings. The van der Waals surface area contributed by atoms with E-state index < -0.39 is 0 Å². The van der Waals surface area contributed by atoms with Gasteiger partial charge in [0.25, 0.3) is 0 Å². The number of carbonyl (C=O) groups excluding carboxylic acids is 1. The Bertz CT molecular complexity index is 187. The van der Waals surface area contributed by atoms with Crippen LogP contribution in [-0.4, -0.2) is 12.3 Å². The van der Waals surface area contributed by atoms with Gasteiger partial charge in [-0.25, -0.2) is 0 Å². The molecule has 2 nitrogen and oxygen atoms in total. The van der Waals surface area contributed by atoms with E-state index in [2.05, 4.69) is 13.5 Å². The summed E-state index contributed by atoms with van der Waals surface area (Å²) in [4.78, 5) is 11.4. The molecule has 0 heterocycles. The first-order valence-electron chi connectivity index (χ1n) is 5.42. The standard InChI is InChI=1S/C12H23NO/c1-10(2)4-6-12(14)7-5-11(3)8-9-13/h11H,1,4-9,13H2,2-3H3. The van der Waals surface area contributed by atoms with Gasteiger partial charge in [-0.3, -0.25) is 4.79 Å². The number of hydrogen-bond acceptors (Lipinski definition) is 2. The van der Waals surface area contributed by atoms with Crippen molar-refractivity contribution in [3.05, 3.63) is 12.2 Å². The Morgan fingerprint density at radius 1 is 1.29 bits per heavy atom. The van der Waals surface area contributed by atoms with Gasteiger partial charge < -0.3 is 5.73 Å². The number of carbonyl (C=O) groups is 1. The number of hydrogen-bond donors (Lipinski definition) is 1. The topological polar surface area (TPSA) is 43.1 Å². The lowest BCUT2D eigenvalue weighted by molar-refractivity contribution is -0.119. The maximum atomic E-state index is 11.4. The molecule has 82 valence electrons. The summed E-state index contributed by atoms with van der Waals surface area (Å²) >= 11 is 0. The molecule has 14 heavy (non-hydrogen) atoms. The van der Waals surface area contributed by atoms with Crippen LogP contribution in [0.2, 0.25) is 0 Å². The summed E-state index contributed by atoms with van der Waals surface area (Å²) in [5, 5.41) is 0. The minimum atomic E-state index is 0.358. The van der Waals surface area contributed by atoms with E-state index in [4.69, 9.17) is 5.73 Å². The molecule has 0 saturated heterocycles. The lowest BCUT2D eigenvalue weighted by atomic mass is 9.98. The number of rotatable bonds is 8. The Morgan fingerprint density at radius 3 is 2.43 bits per heavy atom. The van der Waals surface area contributed by atoms with Crippen LogP contribution in [0.1, 0.15) is 46.0 Å². The monoisotopic (exact) mass is 197 g/mol. The normalized spacial score (nSPS) is 12.5. The van der Waals surface area contributed by atoms with E-state index in [0.717, 1.165) is 31.4 Å². The molecule has 1 unspecified atom stereocenters. The van der Waals surface area contributed by atoms with Crippen molar-refractivity contribution in [1.82, 2.24) is 0 Å². The molecule has 0 bridgehead atoms. The van der Waals surface area contributed by atoms with E-state index in [1.807, 2.05) is 6.92 Å². The van der Waals surface area contributed by atoms with Gasteiger partial charge in [-0.05, 0) is 38.6 Å². The highest BCUT2D eigenvalue weighted by molar-refractivity contribution is 5.78. The van der Waals surface area contributed by atoms with E-state index in [9.17, 15) is 4.79 Å². The van der Waals surface area contributed by atoms with Gasteiger partial charge in [0, 0.05) is 12.8 Å². The summed E-state index contributed by atoms with van der Waals surface area (Å²) in [5.41, 5.74) is 6.53. The summed E-state index contributed by atoms with van der Waals surface area (Å²) in [7, 11) is 0. The second kappa shape index (κ2) is 7.74. The zero-order chi connectivity index (χ0) is 11.0. The molecule has 0 aliphatic heterocycles. The minimum Gasteiger partial charge on any atom is -0.330 e.